The van der Waals surface area contributed by atoms with E-state index >= 15 is 0 Å². The molecule has 0 radical (unpaired) electrons. The Morgan fingerprint density at radius 2 is 1.03 bits per heavy atom. The van der Waals surface area contributed by atoms with Gasteiger partial charge in [-0.1, -0.05) is 91.0 Å². The Kier molecular flexibility index (Phi) is 3.90. The van der Waals surface area contributed by atoms with E-state index in [1.807, 2.05) is 0 Å². The SMILES string of the molecule is c1ccc2c(-c3c4ccccc4c(B4OCCO4)c4ccccc34)cccc2c1. The second-order valence-electron chi connectivity index (χ2n) is 7.48. The highest BCUT2D eigenvalue weighted by atomic mass is 16.6. The van der Waals surface area contributed by atoms with Crippen LogP contribution in [-0.4, -0.2) is 20.3 Å². The lowest BCUT2D eigenvalue weighted by Gasteiger charge is -2.19. The predicted octanol–water partition coefficient (Wildman–Crippen LogP) is 5.56. The quantitative estimate of drug-likeness (QED) is 0.298. The summed E-state index contributed by atoms with van der Waals surface area (Å²) in [5.74, 6) is 0. The molecule has 0 bridgehead atoms. The first-order chi connectivity index (χ1) is 14.4. The van der Waals surface area contributed by atoms with Gasteiger partial charge in [-0.25, -0.2) is 0 Å². The molecule has 1 fully saturated rings. The lowest BCUT2D eigenvalue weighted by atomic mass is 9.71. The summed E-state index contributed by atoms with van der Waals surface area (Å²) in [4.78, 5) is 0. The maximum absolute atomic E-state index is 5.95. The summed E-state index contributed by atoms with van der Waals surface area (Å²) in [6.45, 7) is 1.27. The summed E-state index contributed by atoms with van der Waals surface area (Å²) in [7, 11) is -0.314. The molecule has 0 aromatic heterocycles. The molecule has 1 aliphatic heterocycles. The van der Waals surface area contributed by atoms with E-state index in [9.17, 15) is 0 Å². The van der Waals surface area contributed by atoms with E-state index in [1.165, 1.54) is 43.4 Å². The molecule has 0 saturated carbocycles. The molecule has 0 aliphatic carbocycles. The van der Waals surface area contributed by atoms with Crippen LogP contribution in [0.25, 0.3) is 43.4 Å². The van der Waals surface area contributed by atoms with E-state index in [2.05, 4.69) is 91.0 Å². The average molecular weight is 374 g/mol. The van der Waals surface area contributed by atoms with Gasteiger partial charge < -0.3 is 9.31 Å². The van der Waals surface area contributed by atoms with Crippen LogP contribution in [0.4, 0.5) is 0 Å². The van der Waals surface area contributed by atoms with Gasteiger partial charge in [0.05, 0.1) is 13.2 Å². The molecule has 0 spiro atoms. The van der Waals surface area contributed by atoms with E-state index in [1.54, 1.807) is 0 Å². The van der Waals surface area contributed by atoms with Crippen LogP contribution in [0.1, 0.15) is 0 Å². The van der Waals surface area contributed by atoms with Gasteiger partial charge in [-0.3, -0.25) is 0 Å². The van der Waals surface area contributed by atoms with E-state index in [-0.39, 0.29) is 7.12 Å². The lowest BCUT2D eigenvalue weighted by Crippen LogP contribution is -2.33. The van der Waals surface area contributed by atoms with Gasteiger partial charge in [0.1, 0.15) is 0 Å². The maximum Gasteiger partial charge on any atom is 0.495 e. The molecule has 0 unspecified atom stereocenters. The summed E-state index contributed by atoms with van der Waals surface area (Å²) in [5, 5.41) is 7.38. The normalized spacial score (nSPS) is 14.3. The van der Waals surface area contributed by atoms with Gasteiger partial charge in [0.25, 0.3) is 0 Å². The van der Waals surface area contributed by atoms with Crippen molar-refractivity contribution < 1.29 is 9.31 Å². The number of hydrogen-bond acceptors (Lipinski definition) is 2. The van der Waals surface area contributed by atoms with Crippen LogP contribution in [0.5, 0.6) is 0 Å². The Hall–Kier alpha value is -3.14. The van der Waals surface area contributed by atoms with Crippen molar-refractivity contribution in [2.24, 2.45) is 0 Å². The van der Waals surface area contributed by atoms with Crippen LogP contribution in [0.3, 0.4) is 0 Å². The molecular weight excluding hydrogens is 355 g/mol. The minimum Gasteiger partial charge on any atom is -0.405 e. The fourth-order valence-electron chi connectivity index (χ4n) is 4.67. The second kappa shape index (κ2) is 6.73. The summed E-state index contributed by atoms with van der Waals surface area (Å²) in [5.41, 5.74) is 3.67. The molecule has 3 heteroatoms. The molecule has 138 valence electrons. The second-order valence-corrected chi connectivity index (χ2v) is 7.48. The van der Waals surface area contributed by atoms with E-state index in [0.717, 1.165) is 5.46 Å². The van der Waals surface area contributed by atoms with Gasteiger partial charge >= 0.3 is 7.12 Å². The molecule has 1 aliphatic rings. The van der Waals surface area contributed by atoms with Gasteiger partial charge in [-0.2, -0.15) is 0 Å². The fourth-order valence-corrected chi connectivity index (χ4v) is 4.67. The molecule has 1 heterocycles. The van der Waals surface area contributed by atoms with Crippen molar-refractivity contribution >= 4 is 44.9 Å². The third-order valence-corrected chi connectivity index (χ3v) is 5.89. The van der Waals surface area contributed by atoms with Crippen LogP contribution < -0.4 is 5.46 Å². The Morgan fingerprint density at radius 1 is 0.517 bits per heavy atom. The van der Waals surface area contributed by atoms with Crippen molar-refractivity contribution in [3.63, 3.8) is 0 Å². The molecule has 1 saturated heterocycles. The summed E-state index contributed by atoms with van der Waals surface area (Å²) < 4.78 is 11.9. The molecule has 29 heavy (non-hydrogen) atoms. The smallest absolute Gasteiger partial charge is 0.405 e. The summed E-state index contributed by atoms with van der Waals surface area (Å²) in [6.07, 6.45) is 0. The predicted molar refractivity (Wildman–Crippen MR) is 122 cm³/mol. The molecule has 5 aromatic carbocycles. The highest BCUT2D eigenvalue weighted by molar-refractivity contribution is 6.68. The van der Waals surface area contributed by atoms with Crippen LogP contribution in [-0.2, 0) is 9.31 Å². The third-order valence-electron chi connectivity index (χ3n) is 5.89. The minimum atomic E-state index is -0.314. The highest BCUT2D eigenvalue weighted by Crippen LogP contribution is 2.39. The molecule has 0 N–H and O–H groups in total. The van der Waals surface area contributed by atoms with Gasteiger partial charge in [-0.05, 0) is 48.9 Å². The van der Waals surface area contributed by atoms with E-state index in [4.69, 9.17) is 9.31 Å². The van der Waals surface area contributed by atoms with Crippen molar-refractivity contribution in [3.05, 3.63) is 91.0 Å². The van der Waals surface area contributed by atoms with Crippen LogP contribution in [0.2, 0.25) is 0 Å². The largest absolute Gasteiger partial charge is 0.495 e. The fraction of sp³-hybridized carbons (Fsp3) is 0.0769. The van der Waals surface area contributed by atoms with Gasteiger partial charge in [-0.15, -0.1) is 0 Å². The first-order valence-electron chi connectivity index (χ1n) is 10.1. The van der Waals surface area contributed by atoms with Crippen molar-refractivity contribution in [1.82, 2.24) is 0 Å². The zero-order valence-electron chi connectivity index (χ0n) is 16.0. The molecule has 0 amide bonds. The number of hydrogen-bond donors (Lipinski definition) is 0. The first-order valence-corrected chi connectivity index (χ1v) is 10.1. The number of rotatable bonds is 2. The van der Waals surface area contributed by atoms with Crippen molar-refractivity contribution in [2.75, 3.05) is 13.2 Å². The van der Waals surface area contributed by atoms with Crippen molar-refractivity contribution in [1.29, 1.82) is 0 Å². The minimum absolute atomic E-state index is 0.314. The molecule has 2 nitrogen and oxygen atoms in total. The van der Waals surface area contributed by atoms with Crippen molar-refractivity contribution in [3.8, 4) is 11.1 Å². The van der Waals surface area contributed by atoms with Crippen LogP contribution >= 0.6 is 0 Å². The Labute approximate surface area is 169 Å². The zero-order chi connectivity index (χ0) is 19.2. The lowest BCUT2D eigenvalue weighted by molar-refractivity contribution is 0.365. The van der Waals surface area contributed by atoms with Crippen LogP contribution in [0.15, 0.2) is 91.0 Å². The molecular formula is C26H19BO2. The average Bonchev–Trinajstić information content (AvgIpc) is 3.31. The maximum atomic E-state index is 5.95. The van der Waals surface area contributed by atoms with Gasteiger partial charge in [0.15, 0.2) is 0 Å². The molecule has 5 aromatic rings. The van der Waals surface area contributed by atoms with Crippen molar-refractivity contribution in [2.45, 2.75) is 0 Å². The first kappa shape index (κ1) is 16.8. The van der Waals surface area contributed by atoms with Crippen LogP contribution in [0, 0.1) is 0 Å². The monoisotopic (exact) mass is 374 g/mol. The Bertz CT molecular complexity index is 1310. The topological polar surface area (TPSA) is 18.5 Å². The highest BCUT2D eigenvalue weighted by Gasteiger charge is 2.31. The molecule has 0 atom stereocenters. The number of benzene rings is 5. The standard InChI is InChI=1S/C26H19BO2/c1-2-10-19-18(8-1)9-7-15-20(19)25-21-11-3-5-13-23(21)26(27-28-16-17-29-27)24-14-6-4-12-22(24)25/h1-15H,16-17H2. The van der Waals surface area contributed by atoms with E-state index < -0.39 is 0 Å². The van der Waals surface area contributed by atoms with Gasteiger partial charge in [0.2, 0.25) is 0 Å². The number of fused-ring (bicyclic) bond motifs is 3. The Morgan fingerprint density at radius 3 is 1.69 bits per heavy atom. The Balaban J connectivity index is 1.81. The third kappa shape index (κ3) is 2.59. The summed E-state index contributed by atoms with van der Waals surface area (Å²) >= 11 is 0. The zero-order valence-corrected chi connectivity index (χ0v) is 16.0. The van der Waals surface area contributed by atoms with E-state index in [0.29, 0.717) is 13.2 Å². The van der Waals surface area contributed by atoms with Gasteiger partial charge in [0, 0.05) is 0 Å². The summed E-state index contributed by atoms with van der Waals surface area (Å²) in [6, 6.07) is 32.4. The molecule has 6 rings (SSSR count).